The van der Waals surface area contributed by atoms with Crippen molar-refractivity contribution in [2.45, 2.75) is 90.2 Å². The first kappa shape index (κ1) is 26.5. The summed E-state index contributed by atoms with van der Waals surface area (Å²) >= 11 is 0. The molecule has 6 heteroatoms. The summed E-state index contributed by atoms with van der Waals surface area (Å²) in [6.07, 6.45) is -1.45. The van der Waals surface area contributed by atoms with E-state index >= 15 is 0 Å². The van der Waals surface area contributed by atoms with Crippen LogP contribution >= 0.6 is 0 Å². The molecular weight excluding hydrogens is 456 g/mol. The largest absolute Gasteiger partial charge is 0.390 e. The van der Waals surface area contributed by atoms with Crippen LogP contribution in [0.15, 0.2) is 60.7 Å². The lowest BCUT2D eigenvalue weighted by atomic mass is 9.89. The third-order valence-corrected chi connectivity index (χ3v) is 12.9. The molecule has 2 aromatic rings. The molecule has 4 rings (SSSR count). The number of benzene rings is 2. The maximum Gasteiger partial charge on any atom is 0.196 e. The van der Waals surface area contributed by atoms with Gasteiger partial charge >= 0.3 is 0 Å². The molecule has 0 bridgehead atoms. The Bertz CT molecular complexity index is 933. The van der Waals surface area contributed by atoms with Crippen molar-refractivity contribution >= 4 is 8.32 Å². The van der Waals surface area contributed by atoms with Crippen molar-refractivity contribution in [1.82, 2.24) is 0 Å². The van der Waals surface area contributed by atoms with Crippen LogP contribution in [0.1, 0.15) is 52.0 Å². The molecule has 0 amide bonds. The van der Waals surface area contributed by atoms with E-state index in [9.17, 15) is 0 Å². The molecule has 2 fully saturated rings. The summed E-state index contributed by atoms with van der Waals surface area (Å²) in [4.78, 5) is 0. The van der Waals surface area contributed by atoms with E-state index in [0.29, 0.717) is 19.1 Å². The first-order chi connectivity index (χ1) is 16.6. The Balaban J connectivity index is 1.56. The first-order valence-corrected chi connectivity index (χ1v) is 15.8. The standard InChI is InChI=1S/C29H42O5Si/c1-20(2)29(4,5)35(6,7)34-28-26(30-18-22-14-10-8-11-15-22)21(3)25-24(32-28)19-31-27(33-25)23-16-12-9-13-17-23/h8-17,20-21,24-28H,18-19H2,1-7H3/t21-,24?,25+,26?,27?,28-/m0/s1. The Morgan fingerprint density at radius 1 is 0.971 bits per heavy atom. The molecule has 0 aliphatic carbocycles. The normalized spacial score (nSPS) is 29.7. The van der Waals surface area contributed by atoms with E-state index in [1.165, 1.54) is 0 Å². The zero-order chi connectivity index (χ0) is 25.2. The first-order valence-electron chi connectivity index (χ1n) is 12.9. The third kappa shape index (κ3) is 5.73. The Kier molecular flexibility index (Phi) is 8.21. The molecule has 0 N–H and O–H groups in total. The van der Waals surface area contributed by atoms with Crippen molar-refractivity contribution in [3.05, 3.63) is 71.8 Å². The Labute approximate surface area is 212 Å². The van der Waals surface area contributed by atoms with Gasteiger partial charge in [-0.1, -0.05) is 95.3 Å². The summed E-state index contributed by atoms with van der Waals surface area (Å²) in [6.45, 7) is 16.9. The van der Waals surface area contributed by atoms with Gasteiger partial charge in [0.2, 0.25) is 0 Å². The van der Waals surface area contributed by atoms with E-state index in [0.717, 1.165) is 11.1 Å². The fraction of sp³-hybridized carbons (Fsp3) is 0.586. The van der Waals surface area contributed by atoms with Crippen molar-refractivity contribution in [1.29, 1.82) is 0 Å². The predicted octanol–water partition coefficient (Wildman–Crippen LogP) is 6.70. The van der Waals surface area contributed by atoms with E-state index in [2.05, 4.69) is 59.8 Å². The van der Waals surface area contributed by atoms with E-state index in [1.807, 2.05) is 48.5 Å². The fourth-order valence-electron chi connectivity index (χ4n) is 4.82. The van der Waals surface area contributed by atoms with Gasteiger partial charge in [0.25, 0.3) is 0 Å². The van der Waals surface area contributed by atoms with Crippen LogP contribution in [0.4, 0.5) is 0 Å². The number of ether oxygens (including phenoxy) is 4. The molecule has 6 atom stereocenters. The number of hydrogen-bond donors (Lipinski definition) is 0. The summed E-state index contributed by atoms with van der Waals surface area (Å²) in [5.74, 6) is 0.569. The lowest BCUT2D eigenvalue weighted by Gasteiger charge is -2.52. The van der Waals surface area contributed by atoms with Crippen LogP contribution in [0.2, 0.25) is 18.1 Å². The highest BCUT2D eigenvalue weighted by atomic mass is 28.4. The van der Waals surface area contributed by atoms with Gasteiger partial charge < -0.3 is 23.4 Å². The summed E-state index contributed by atoms with van der Waals surface area (Å²) in [6, 6.07) is 20.4. The lowest BCUT2D eigenvalue weighted by molar-refractivity contribution is -0.347. The predicted molar refractivity (Wildman–Crippen MR) is 140 cm³/mol. The topological polar surface area (TPSA) is 46.2 Å². The zero-order valence-electron chi connectivity index (χ0n) is 22.3. The van der Waals surface area contributed by atoms with Crippen molar-refractivity contribution in [2.24, 2.45) is 11.8 Å². The van der Waals surface area contributed by atoms with Gasteiger partial charge in [-0.15, -0.1) is 0 Å². The highest BCUT2D eigenvalue weighted by molar-refractivity contribution is 6.74. The molecule has 2 aliphatic heterocycles. The molecular formula is C29H42O5Si. The van der Waals surface area contributed by atoms with Gasteiger partial charge in [0, 0.05) is 11.5 Å². The SMILES string of the molecule is CC(C)C(C)(C)[Si](C)(C)O[C@@H]1OC2COC(c3ccccc3)O[C@@H]2[C@H](C)C1OCc1ccccc1. The lowest BCUT2D eigenvalue weighted by Crippen LogP contribution is -2.62. The number of hydrogen-bond acceptors (Lipinski definition) is 5. The van der Waals surface area contributed by atoms with Crippen LogP contribution in [0.3, 0.4) is 0 Å². The Morgan fingerprint density at radius 2 is 1.60 bits per heavy atom. The molecule has 5 nitrogen and oxygen atoms in total. The van der Waals surface area contributed by atoms with Crippen molar-refractivity contribution in [3.63, 3.8) is 0 Å². The van der Waals surface area contributed by atoms with E-state index in [-0.39, 0.29) is 29.3 Å². The summed E-state index contributed by atoms with van der Waals surface area (Å²) < 4.78 is 32.6. The minimum Gasteiger partial charge on any atom is -0.390 e. The molecule has 35 heavy (non-hydrogen) atoms. The van der Waals surface area contributed by atoms with Crippen LogP contribution in [0.25, 0.3) is 0 Å². The molecule has 0 saturated carbocycles. The smallest absolute Gasteiger partial charge is 0.196 e. The van der Waals surface area contributed by atoms with Crippen molar-refractivity contribution < 1.29 is 23.4 Å². The van der Waals surface area contributed by atoms with Crippen molar-refractivity contribution in [3.8, 4) is 0 Å². The summed E-state index contributed by atoms with van der Waals surface area (Å²) in [5.41, 5.74) is 2.15. The highest BCUT2D eigenvalue weighted by Crippen LogP contribution is 2.47. The Morgan fingerprint density at radius 3 is 2.23 bits per heavy atom. The second-order valence-electron chi connectivity index (χ2n) is 11.3. The molecule has 0 spiro atoms. The van der Waals surface area contributed by atoms with Gasteiger partial charge in [-0.05, 0) is 29.6 Å². The molecule has 2 heterocycles. The van der Waals surface area contributed by atoms with Gasteiger partial charge in [-0.25, -0.2) is 0 Å². The molecule has 3 unspecified atom stereocenters. The minimum absolute atomic E-state index is 0.0679. The van der Waals surface area contributed by atoms with Crippen molar-refractivity contribution in [2.75, 3.05) is 6.61 Å². The average Bonchev–Trinajstić information content (AvgIpc) is 2.84. The molecule has 0 aromatic heterocycles. The second kappa shape index (κ2) is 10.8. The molecule has 2 aromatic carbocycles. The third-order valence-electron chi connectivity index (χ3n) is 8.44. The molecule has 2 aliphatic rings. The molecule has 192 valence electrons. The van der Waals surface area contributed by atoms with E-state index in [1.54, 1.807) is 0 Å². The Hall–Kier alpha value is -1.54. The summed E-state index contributed by atoms with van der Waals surface area (Å²) in [7, 11) is -2.17. The van der Waals surface area contributed by atoms with Crippen LogP contribution in [0, 0.1) is 11.8 Å². The van der Waals surface area contributed by atoms with Gasteiger partial charge in [0.15, 0.2) is 20.9 Å². The average molecular weight is 499 g/mol. The van der Waals surface area contributed by atoms with Gasteiger partial charge in [0.05, 0.1) is 19.3 Å². The van der Waals surface area contributed by atoms with E-state index in [4.69, 9.17) is 23.4 Å². The monoisotopic (exact) mass is 498 g/mol. The molecule has 0 radical (unpaired) electrons. The maximum absolute atomic E-state index is 6.92. The van der Waals surface area contributed by atoms with Crippen LogP contribution in [-0.4, -0.2) is 39.5 Å². The van der Waals surface area contributed by atoms with E-state index < -0.39 is 20.9 Å². The maximum atomic E-state index is 6.92. The van der Waals surface area contributed by atoms with Gasteiger partial charge in [0.1, 0.15) is 12.2 Å². The highest BCUT2D eigenvalue weighted by Gasteiger charge is 2.53. The van der Waals surface area contributed by atoms with Crippen LogP contribution in [0.5, 0.6) is 0 Å². The second-order valence-corrected chi connectivity index (χ2v) is 15.9. The quantitative estimate of drug-likeness (QED) is 0.379. The number of rotatable bonds is 8. The van der Waals surface area contributed by atoms with Gasteiger partial charge in [-0.2, -0.15) is 0 Å². The summed E-state index contributed by atoms with van der Waals surface area (Å²) in [5, 5.41) is 0.0679. The number of fused-ring (bicyclic) bond motifs is 1. The molecule has 2 saturated heterocycles. The fourth-order valence-corrected chi connectivity index (χ4v) is 7.29. The van der Waals surface area contributed by atoms with Crippen LogP contribution < -0.4 is 0 Å². The minimum atomic E-state index is -2.17. The van der Waals surface area contributed by atoms with Gasteiger partial charge in [-0.3, -0.25) is 0 Å². The zero-order valence-corrected chi connectivity index (χ0v) is 23.3. The van der Waals surface area contributed by atoms with Crippen LogP contribution in [-0.2, 0) is 30.0 Å².